The second kappa shape index (κ2) is 7.47. The average molecular weight is 310 g/mol. The van der Waals surface area contributed by atoms with E-state index in [1.807, 2.05) is 20.8 Å². The first kappa shape index (κ1) is 17.3. The van der Waals surface area contributed by atoms with Crippen LogP contribution in [0.4, 0.5) is 4.79 Å². The van der Waals surface area contributed by atoms with E-state index in [9.17, 15) is 9.90 Å². The minimum atomic E-state index is -0.521. The van der Waals surface area contributed by atoms with Gasteiger partial charge in [-0.2, -0.15) is 0 Å². The van der Waals surface area contributed by atoms with Gasteiger partial charge in [-0.15, -0.1) is 0 Å². The lowest BCUT2D eigenvalue weighted by Crippen LogP contribution is -2.40. The largest absolute Gasteiger partial charge is 0.444 e. The topological polar surface area (TPSA) is 61.8 Å². The molecule has 1 fully saturated rings. The number of nitrogens with zero attached hydrogens (tertiary/aromatic N) is 1. The molecule has 0 saturated carbocycles. The van der Waals surface area contributed by atoms with Crippen LogP contribution >= 0.6 is 0 Å². The van der Waals surface area contributed by atoms with Crippen LogP contribution in [0.25, 0.3) is 0 Å². The highest BCUT2D eigenvalue weighted by molar-refractivity contribution is 5.68. The summed E-state index contributed by atoms with van der Waals surface area (Å²) in [5.74, 6) is 0. The Balaban J connectivity index is 1.73. The molecule has 1 aliphatic carbocycles. The highest BCUT2D eigenvalue weighted by Gasteiger charge is 2.35. The second-order valence-electron chi connectivity index (χ2n) is 7.37. The van der Waals surface area contributed by atoms with Crippen molar-refractivity contribution in [3.63, 3.8) is 0 Å². The summed E-state index contributed by atoms with van der Waals surface area (Å²) >= 11 is 0. The summed E-state index contributed by atoms with van der Waals surface area (Å²) in [5, 5.41) is 13.5. The maximum Gasteiger partial charge on any atom is 0.410 e. The summed E-state index contributed by atoms with van der Waals surface area (Å²) < 4.78 is 5.36. The van der Waals surface area contributed by atoms with E-state index in [2.05, 4.69) is 11.4 Å². The Morgan fingerprint density at radius 3 is 2.82 bits per heavy atom. The van der Waals surface area contributed by atoms with Crippen LogP contribution in [-0.4, -0.2) is 53.5 Å². The average Bonchev–Trinajstić information content (AvgIpc) is 2.80. The monoisotopic (exact) mass is 310 g/mol. The highest BCUT2D eigenvalue weighted by atomic mass is 16.6. The fourth-order valence-electron chi connectivity index (χ4n) is 3.01. The number of carbonyl (C=O) groups is 1. The summed E-state index contributed by atoms with van der Waals surface area (Å²) in [4.78, 5) is 13.6. The first-order valence-corrected chi connectivity index (χ1v) is 8.42. The van der Waals surface area contributed by atoms with E-state index in [1.54, 1.807) is 4.90 Å². The molecule has 1 heterocycles. The number of rotatable bonds is 4. The SMILES string of the molecule is CC(C)(C)OC(=O)N1CC(O)C(NCCC2=CCCCC2)C1. The van der Waals surface area contributed by atoms with Crippen LogP contribution in [0.1, 0.15) is 52.9 Å². The Morgan fingerprint density at radius 1 is 1.41 bits per heavy atom. The van der Waals surface area contributed by atoms with Gasteiger partial charge in [-0.3, -0.25) is 0 Å². The van der Waals surface area contributed by atoms with Crippen molar-refractivity contribution in [2.75, 3.05) is 19.6 Å². The molecule has 5 heteroatoms. The molecule has 0 bridgehead atoms. The summed E-state index contributed by atoms with van der Waals surface area (Å²) in [6.45, 7) is 7.27. The third-order valence-electron chi connectivity index (χ3n) is 4.18. The molecule has 2 atom stereocenters. The Labute approximate surface area is 133 Å². The fraction of sp³-hybridized carbons (Fsp3) is 0.824. The van der Waals surface area contributed by atoms with Gasteiger partial charge in [0.1, 0.15) is 5.60 Å². The predicted molar refractivity (Wildman–Crippen MR) is 86.8 cm³/mol. The molecule has 2 unspecified atom stereocenters. The Morgan fingerprint density at radius 2 is 2.18 bits per heavy atom. The maximum absolute atomic E-state index is 12.0. The van der Waals surface area contributed by atoms with E-state index in [4.69, 9.17) is 4.74 Å². The molecule has 0 aromatic heterocycles. The number of amides is 1. The highest BCUT2D eigenvalue weighted by Crippen LogP contribution is 2.20. The van der Waals surface area contributed by atoms with Gasteiger partial charge in [-0.05, 0) is 59.4 Å². The zero-order valence-electron chi connectivity index (χ0n) is 14.1. The van der Waals surface area contributed by atoms with Crippen molar-refractivity contribution in [1.29, 1.82) is 0 Å². The van der Waals surface area contributed by atoms with Crippen LogP contribution in [0.15, 0.2) is 11.6 Å². The summed E-state index contributed by atoms with van der Waals surface area (Å²) in [6, 6.07) is -0.0586. The fourth-order valence-corrected chi connectivity index (χ4v) is 3.01. The number of aliphatic hydroxyl groups excluding tert-OH is 1. The first-order valence-electron chi connectivity index (χ1n) is 8.42. The van der Waals surface area contributed by atoms with Gasteiger partial charge in [0, 0.05) is 6.54 Å². The molecule has 0 aromatic carbocycles. The molecule has 2 aliphatic rings. The van der Waals surface area contributed by atoms with Crippen molar-refractivity contribution in [1.82, 2.24) is 10.2 Å². The van der Waals surface area contributed by atoms with Crippen molar-refractivity contribution >= 4 is 6.09 Å². The molecule has 5 nitrogen and oxygen atoms in total. The van der Waals surface area contributed by atoms with Gasteiger partial charge >= 0.3 is 6.09 Å². The molecule has 126 valence electrons. The van der Waals surface area contributed by atoms with Gasteiger partial charge in [0.15, 0.2) is 0 Å². The molecule has 0 radical (unpaired) electrons. The molecule has 1 aliphatic heterocycles. The van der Waals surface area contributed by atoms with Crippen molar-refractivity contribution in [2.45, 2.75) is 70.6 Å². The number of hydrogen-bond acceptors (Lipinski definition) is 4. The normalized spacial score (nSPS) is 26.0. The molecule has 22 heavy (non-hydrogen) atoms. The van der Waals surface area contributed by atoms with E-state index in [-0.39, 0.29) is 12.1 Å². The van der Waals surface area contributed by atoms with E-state index >= 15 is 0 Å². The molecular weight excluding hydrogens is 280 g/mol. The van der Waals surface area contributed by atoms with Gasteiger partial charge in [0.2, 0.25) is 0 Å². The number of nitrogens with one attached hydrogen (secondary N) is 1. The Kier molecular flexibility index (Phi) is 5.87. The number of β-amino-alcohol motifs (C(OH)–C–C–N with tert-alkyl or cyclic N) is 1. The van der Waals surface area contributed by atoms with Crippen LogP contribution in [0.3, 0.4) is 0 Å². The Bertz CT molecular complexity index is 415. The third-order valence-corrected chi connectivity index (χ3v) is 4.18. The molecule has 2 rings (SSSR count). The van der Waals surface area contributed by atoms with Gasteiger partial charge < -0.3 is 20.1 Å². The van der Waals surface area contributed by atoms with Crippen LogP contribution in [0.2, 0.25) is 0 Å². The quantitative estimate of drug-likeness (QED) is 0.783. The van der Waals surface area contributed by atoms with Crippen molar-refractivity contribution in [2.24, 2.45) is 0 Å². The van der Waals surface area contributed by atoms with Gasteiger partial charge in [0.05, 0.1) is 18.7 Å². The number of likely N-dealkylation sites (tertiary alicyclic amines) is 1. The smallest absolute Gasteiger partial charge is 0.410 e. The minimum Gasteiger partial charge on any atom is -0.444 e. The minimum absolute atomic E-state index is 0.0586. The van der Waals surface area contributed by atoms with E-state index in [0.29, 0.717) is 13.1 Å². The zero-order chi connectivity index (χ0) is 16.2. The van der Waals surface area contributed by atoms with E-state index in [0.717, 1.165) is 13.0 Å². The Hall–Kier alpha value is -1.07. The molecule has 0 spiro atoms. The van der Waals surface area contributed by atoms with Crippen LogP contribution < -0.4 is 5.32 Å². The standard InChI is InChI=1S/C17H30N2O3/c1-17(2,3)22-16(21)19-11-14(15(20)12-19)18-10-9-13-7-5-4-6-8-13/h7,14-15,18,20H,4-6,8-12H2,1-3H3. The van der Waals surface area contributed by atoms with Crippen LogP contribution in [-0.2, 0) is 4.74 Å². The van der Waals surface area contributed by atoms with Crippen molar-refractivity contribution in [3.8, 4) is 0 Å². The predicted octanol–water partition coefficient (Wildman–Crippen LogP) is 2.45. The van der Waals surface area contributed by atoms with E-state index < -0.39 is 11.7 Å². The molecule has 1 amide bonds. The summed E-state index contributed by atoms with van der Waals surface area (Å²) in [5.41, 5.74) is 1.02. The molecule has 2 N–H and O–H groups in total. The second-order valence-corrected chi connectivity index (χ2v) is 7.37. The number of allylic oxidation sites excluding steroid dienone is 1. The molecular formula is C17H30N2O3. The van der Waals surface area contributed by atoms with Crippen molar-refractivity contribution < 1.29 is 14.6 Å². The first-order chi connectivity index (χ1) is 10.3. The third kappa shape index (κ3) is 5.29. The maximum atomic E-state index is 12.0. The number of ether oxygens (including phenoxy) is 1. The van der Waals surface area contributed by atoms with Crippen LogP contribution in [0, 0.1) is 0 Å². The lowest BCUT2D eigenvalue weighted by molar-refractivity contribution is 0.0270. The lowest BCUT2D eigenvalue weighted by Gasteiger charge is -2.24. The number of aliphatic hydroxyl groups is 1. The van der Waals surface area contributed by atoms with Crippen molar-refractivity contribution in [3.05, 3.63) is 11.6 Å². The molecule has 1 saturated heterocycles. The number of carbonyl (C=O) groups excluding carboxylic acids is 1. The zero-order valence-corrected chi connectivity index (χ0v) is 14.1. The number of hydrogen-bond donors (Lipinski definition) is 2. The molecule has 0 aromatic rings. The summed E-state index contributed by atoms with van der Waals surface area (Å²) in [7, 11) is 0. The van der Waals surface area contributed by atoms with Gasteiger partial charge in [-0.1, -0.05) is 11.6 Å². The van der Waals surface area contributed by atoms with Crippen LogP contribution in [0.5, 0.6) is 0 Å². The van der Waals surface area contributed by atoms with E-state index in [1.165, 1.54) is 31.3 Å². The van der Waals surface area contributed by atoms with Gasteiger partial charge in [0.25, 0.3) is 0 Å². The summed E-state index contributed by atoms with van der Waals surface area (Å²) in [6.07, 6.45) is 7.54. The lowest BCUT2D eigenvalue weighted by atomic mass is 9.97. The van der Waals surface area contributed by atoms with Gasteiger partial charge in [-0.25, -0.2) is 4.79 Å².